The number of rotatable bonds is 7. The largest absolute Gasteiger partial charge is 0.493 e. The maximum atomic E-state index is 12.9. The van der Waals surface area contributed by atoms with E-state index in [0.29, 0.717) is 17.4 Å². The van der Waals surface area contributed by atoms with Gasteiger partial charge in [0.25, 0.3) is 0 Å². The van der Waals surface area contributed by atoms with Gasteiger partial charge in [0.2, 0.25) is 10.0 Å². The first-order valence-electron chi connectivity index (χ1n) is 8.68. The fourth-order valence-electron chi connectivity index (χ4n) is 3.06. The lowest BCUT2D eigenvalue weighted by Gasteiger charge is -2.20. The second-order valence-corrected chi connectivity index (χ2v) is 8.66. The fraction of sp³-hybridized carbons (Fsp3) is 0.400. The molecule has 0 aliphatic heterocycles. The number of methoxy groups -OCH3 is 2. The van der Waals surface area contributed by atoms with Crippen LogP contribution in [0, 0.1) is 0 Å². The van der Waals surface area contributed by atoms with Gasteiger partial charge in [0, 0.05) is 0 Å². The van der Waals surface area contributed by atoms with Gasteiger partial charge in [-0.05, 0) is 54.2 Å². The number of hydrogen-bond acceptors (Lipinski definition) is 4. The minimum atomic E-state index is -3.60. The topological polar surface area (TPSA) is 64.6 Å². The molecular weight excluding hydrogens is 350 g/mol. The van der Waals surface area contributed by atoms with Crippen molar-refractivity contribution in [1.82, 2.24) is 4.72 Å². The molecule has 0 bridgehead atoms. The van der Waals surface area contributed by atoms with E-state index >= 15 is 0 Å². The van der Waals surface area contributed by atoms with Crippen LogP contribution in [-0.2, 0) is 15.6 Å². The van der Waals surface area contributed by atoms with E-state index in [4.69, 9.17) is 9.47 Å². The molecule has 0 radical (unpaired) electrons. The van der Waals surface area contributed by atoms with E-state index in [1.807, 2.05) is 24.3 Å². The van der Waals surface area contributed by atoms with Crippen molar-refractivity contribution in [3.63, 3.8) is 0 Å². The average molecular weight is 375 g/mol. The molecule has 1 N–H and O–H groups in total. The van der Waals surface area contributed by atoms with E-state index < -0.39 is 15.6 Å². The Kier molecular flexibility index (Phi) is 4.99. The standard InChI is InChI=1S/C20H25NO4S/c1-14(2)15-5-8-17(9-6-15)26(22,23)21-20(11-12-20)16-7-10-18(24-3)19(13-16)25-4/h5-10,13-14,21H,11-12H2,1-4H3. The van der Waals surface area contributed by atoms with E-state index in [2.05, 4.69) is 18.6 Å². The van der Waals surface area contributed by atoms with Crippen LogP contribution in [0.5, 0.6) is 11.5 Å². The van der Waals surface area contributed by atoms with Gasteiger partial charge in [0.1, 0.15) is 0 Å². The van der Waals surface area contributed by atoms with Gasteiger partial charge in [-0.15, -0.1) is 0 Å². The number of sulfonamides is 1. The minimum Gasteiger partial charge on any atom is -0.493 e. The Morgan fingerprint density at radius 1 is 0.962 bits per heavy atom. The van der Waals surface area contributed by atoms with Crippen LogP contribution in [0.2, 0.25) is 0 Å². The molecule has 0 aromatic heterocycles. The van der Waals surface area contributed by atoms with E-state index in [1.165, 1.54) is 0 Å². The molecule has 1 fully saturated rings. The van der Waals surface area contributed by atoms with Gasteiger partial charge in [-0.1, -0.05) is 32.0 Å². The summed E-state index contributed by atoms with van der Waals surface area (Å²) in [4.78, 5) is 0.286. The van der Waals surface area contributed by atoms with Gasteiger partial charge in [-0.25, -0.2) is 13.1 Å². The third-order valence-corrected chi connectivity index (χ3v) is 6.43. The van der Waals surface area contributed by atoms with E-state index in [1.54, 1.807) is 32.4 Å². The lowest BCUT2D eigenvalue weighted by atomic mass is 10.0. The Morgan fingerprint density at radius 2 is 1.58 bits per heavy atom. The van der Waals surface area contributed by atoms with Crippen LogP contribution in [0.1, 0.15) is 43.7 Å². The molecule has 140 valence electrons. The van der Waals surface area contributed by atoms with Gasteiger partial charge >= 0.3 is 0 Å². The van der Waals surface area contributed by atoms with Crippen LogP contribution in [0.4, 0.5) is 0 Å². The summed E-state index contributed by atoms with van der Waals surface area (Å²) < 4.78 is 39.2. The zero-order valence-electron chi connectivity index (χ0n) is 15.6. The Balaban J connectivity index is 1.87. The van der Waals surface area contributed by atoms with Crippen molar-refractivity contribution in [2.75, 3.05) is 14.2 Å². The summed E-state index contributed by atoms with van der Waals surface area (Å²) in [5, 5.41) is 0. The highest BCUT2D eigenvalue weighted by Crippen LogP contribution is 2.48. The summed E-state index contributed by atoms with van der Waals surface area (Å²) in [6, 6.07) is 12.6. The highest BCUT2D eigenvalue weighted by atomic mass is 32.2. The fourth-order valence-corrected chi connectivity index (χ4v) is 4.51. The molecule has 5 nitrogen and oxygen atoms in total. The highest BCUT2D eigenvalue weighted by molar-refractivity contribution is 7.89. The third kappa shape index (κ3) is 3.57. The van der Waals surface area contributed by atoms with Crippen molar-refractivity contribution < 1.29 is 17.9 Å². The molecule has 0 saturated heterocycles. The quantitative estimate of drug-likeness (QED) is 0.800. The molecule has 2 aromatic rings. The van der Waals surface area contributed by atoms with Crippen LogP contribution in [0.15, 0.2) is 47.4 Å². The summed E-state index contributed by atoms with van der Waals surface area (Å²) in [5.74, 6) is 1.58. The normalized spacial score (nSPS) is 15.7. The van der Waals surface area contributed by atoms with Crippen molar-refractivity contribution in [3.8, 4) is 11.5 Å². The summed E-state index contributed by atoms with van der Waals surface area (Å²) in [7, 11) is -0.455. The van der Waals surface area contributed by atoms with E-state index in [0.717, 1.165) is 24.0 Å². The van der Waals surface area contributed by atoms with Crippen LogP contribution in [0.25, 0.3) is 0 Å². The third-order valence-electron chi connectivity index (χ3n) is 4.87. The molecule has 1 saturated carbocycles. The first kappa shape index (κ1) is 18.7. The molecule has 1 aliphatic carbocycles. The average Bonchev–Trinajstić information content (AvgIpc) is 3.41. The van der Waals surface area contributed by atoms with Crippen LogP contribution < -0.4 is 14.2 Å². The van der Waals surface area contributed by atoms with Gasteiger partial charge in [-0.3, -0.25) is 0 Å². The SMILES string of the molecule is COc1ccc(C2(NS(=O)(=O)c3ccc(C(C)C)cc3)CC2)cc1OC. The first-order valence-corrected chi connectivity index (χ1v) is 10.2. The molecule has 2 aromatic carbocycles. The van der Waals surface area contributed by atoms with Gasteiger partial charge in [0.15, 0.2) is 11.5 Å². The van der Waals surface area contributed by atoms with E-state index in [-0.39, 0.29) is 4.90 Å². The second-order valence-electron chi connectivity index (χ2n) is 6.98. The lowest BCUT2D eigenvalue weighted by Crippen LogP contribution is -2.34. The lowest BCUT2D eigenvalue weighted by molar-refractivity contribution is 0.354. The number of benzene rings is 2. The maximum Gasteiger partial charge on any atom is 0.241 e. The summed E-state index contributed by atoms with van der Waals surface area (Å²) in [6.07, 6.45) is 1.51. The molecule has 6 heteroatoms. The van der Waals surface area contributed by atoms with E-state index in [9.17, 15) is 8.42 Å². The van der Waals surface area contributed by atoms with Crippen molar-refractivity contribution in [2.45, 2.75) is 43.0 Å². The molecule has 0 amide bonds. The van der Waals surface area contributed by atoms with Gasteiger partial charge < -0.3 is 9.47 Å². The van der Waals surface area contributed by atoms with Crippen molar-refractivity contribution in [1.29, 1.82) is 0 Å². The molecule has 3 rings (SSSR count). The highest BCUT2D eigenvalue weighted by Gasteiger charge is 2.48. The maximum absolute atomic E-state index is 12.9. The second kappa shape index (κ2) is 6.93. The first-order chi connectivity index (χ1) is 12.3. The van der Waals surface area contributed by atoms with Crippen LogP contribution >= 0.6 is 0 Å². The van der Waals surface area contributed by atoms with Crippen molar-refractivity contribution in [3.05, 3.63) is 53.6 Å². The van der Waals surface area contributed by atoms with Gasteiger partial charge in [0.05, 0.1) is 24.7 Å². The zero-order valence-corrected chi connectivity index (χ0v) is 16.4. The summed E-state index contributed by atoms with van der Waals surface area (Å²) in [6.45, 7) is 4.16. The minimum absolute atomic E-state index is 0.286. The van der Waals surface area contributed by atoms with Crippen LogP contribution in [-0.4, -0.2) is 22.6 Å². The Bertz CT molecular complexity index is 885. The summed E-state index contributed by atoms with van der Waals surface area (Å²) >= 11 is 0. The monoisotopic (exact) mass is 375 g/mol. The Labute approximate surface area is 155 Å². The van der Waals surface area contributed by atoms with Crippen LogP contribution in [0.3, 0.4) is 0 Å². The van der Waals surface area contributed by atoms with Gasteiger partial charge in [-0.2, -0.15) is 0 Å². The number of hydrogen-bond donors (Lipinski definition) is 1. The predicted molar refractivity (Wildman–Crippen MR) is 101 cm³/mol. The molecule has 26 heavy (non-hydrogen) atoms. The molecule has 0 unspecified atom stereocenters. The Morgan fingerprint density at radius 3 is 2.08 bits per heavy atom. The molecular formula is C20H25NO4S. The predicted octanol–water partition coefficient (Wildman–Crippen LogP) is 3.79. The zero-order chi connectivity index (χ0) is 18.9. The smallest absolute Gasteiger partial charge is 0.241 e. The molecule has 1 aliphatic rings. The van der Waals surface area contributed by atoms with Crippen molar-refractivity contribution >= 4 is 10.0 Å². The molecule has 0 heterocycles. The molecule has 0 spiro atoms. The summed E-state index contributed by atoms with van der Waals surface area (Å²) in [5.41, 5.74) is 1.43. The van der Waals surface area contributed by atoms with Crippen molar-refractivity contribution in [2.24, 2.45) is 0 Å². The molecule has 0 atom stereocenters. The Hall–Kier alpha value is -2.05. The number of nitrogens with one attached hydrogen (secondary N) is 1. The number of ether oxygens (including phenoxy) is 2.